The predicted molar refractivity (Wildman–Crippen MR) is 102 cm³/mol. The molecule has 1 atom stereocenters. The maximum atomic E-state index is 13.5. The third-order valence-corrected chi connectivity index (χ3v) is 5.72. The molecule has 0 radical (unpaired) electrons. The molecule has 1 unspecified atom stereocenters. The second-order valence-corrected chi connectivity index (χ2v) is 7.75. The summed E-state index contributed by atoms with van der Waals surface area (Å²) in [6, 6.07) is 3.35. The van der Waals surface area contributed by atoms with Crippen LogP contribution in [0.5, 0.6) is 0 Å². The van der Waals surface area contributed by atoms with E-state index in [1.54, 1.807) is 0 Å². The zero-order valence-corrected chi connectivity index (χ0v) is 15.9. The largest absolute Gasteiger partial charge is 0.356 e. The van der Waals surface area contributed by atoms with E-state index >= 15 is 0 Å². The van der Waals surface area contributed by atoms with Gasteiger partial charge in [-0.1, -0.05) is 32.1 Å². The molecular formula is C20H26FN3O4. The minimum Gasteiger partial charge on any atom is -0.356 e. The maximum Gasteiger partial charge on any atom is 0.306 e. The van der Waals surface area contributed by atoms with Crippen LogP contribution in [0.25, 0.3) is 0 Å². The van der Waals surface area contributed by atoms with E-state index in [0.717, 1.165) is 25.0 Å². The number of halogens is 1. The first kappa shape index (κ1) is 20.2. The number of carbonyl (C=O) groups excluding carboxylic acids is 2. The van der Waals surface area contributed by atoms with Crippen LogP contribution in [-0.2, 0) is 9.59 Å². The molecule has 1 aliphatic carbocycles. The highest BCUT2D eigenvalue weighted by molar-refractivity contribution is 6.00. The van der Waals surface area contributed by atoms with Gasteiger partial charge < -0.3 is 10.2 Å². The number of nitrogens with one attached hydrogen (secondary N) is 1. The van der Waals surface area contributed by atoms with Crippen molar-refractivity contribution in [2.24, 2.45) is 11.8 Å². The summed E-state index contributed by atoms with van der Waals surface area (Å²) in [7, 11) is 0. The average Bonchev–Trinajstić information content (AvgIpc) is 3.02. The van der Waals surface area contributed by atoms with Crippen LogP contribution in [-0.4, -0.2) is 29.8 Å². The number of rotatable bonds is 5. The first-order valence-electron chi connectivity index (χ1n) is 9.97. The molecule has 7 nitrogen and oxygen atoms in total. The molecule has 1 saturated heterocycles. The molecule has 1 N–H and O–H groups in total. The Morgan fingerprint density at radius 3 is 2.57 bits per heavy atom. The summed E-state index contributed by atoms with van der Waals surface area (Å²) >= 11 is 0. The number of hydrogen-bond acceptors (Lipinski definition) is 4. The summed E-state index contributed by atoms with van der Waals surface area (Å²) in [6.07, 6.45) is 8.48. The zero-order chi connectivity index (χ0) is 20.1. The molecule has 3 rings (SSSR count). The fourth-order valence-electron chi connectivity index (χ4n) is 4.08. The maximum absolute atomic E-state index is 13.5. The summed E-state index contributed by atoms with van der Waals surface area (Å²) in [5.41, 5.74) is -0.434. The number of hydrogen-bond donors (Lipinski definition) is 1. The molecule has 2 fully saturated rings. The van der Waals surface area contributed by atoms with E-state index in [9.17, 15) is 24.1 Å². The topological polar surface area (TPSA) is 92.6 Å². The number of nitrogens with zero attached hydrogens (tertiary/aromatic N) is 2. The minimum absolute atomic E-state index is 0.0572. The van der Waals surface area contributed by atoms with E-state index in [2.05, 4.69) is 5.32 Å². The van der Waals surface area contributed by atoms with Gasteiger partial charge in [-0.05, 0) is 30.9 Å². The Morgan fingerprint density at radius 2 is 1.89 bits per heavy atom. The van der Waals surface area contributed by atoms with Crippen molar-refractivity contribution in [3.63, 3.8) is 0 Å². The number of benzene rings is 1. The highest BCUT2D eigenvalue weighted by atomic mass is 19.1. The van der Waals surface area contributed by atoms with Crippen LogP contribution in [0, 0.1) is 27.8 Å². The Balaban J connectivity index is 1.58. The number of anilines is 1. The van der Waals surface area contributed by atoms with Crippen LogP contribution in [0.4, 0.5) is 15.8 Å². The summed E-state index contributed by atoms with van der Waals surface area (Å²) in [5.74, 6) is -1.40. The molecular weight excluding hydrogens is 365 g/mol. The Labute approximate surface area is 163 Å². The molecule has 28 heavy (non-hydrogen) atoms. The highest BCUT2D eigenvalue weighted by Gasteiger charge is 2.36. The van der Waals surface area contributed by atoms with Crippen molar-refractivity contribution in [2.75, 3.05) is 18.0 Å². The van der Waals surface area contributed by atoms with Crippen LogP contribution < -0.4 is 10.2 Å². The van der Waals surface area contributed by atoms with Crippen LogP contribution in [0.2, 0.25) is 0 Å². The van der Waals surface area contributed by atoms with Crippen LogP contribution >= 0.6 is 0 Å². The summed E-state index contributed by atoms with van der Waals surface area (Å²) in [5, 5.41) is 13.9. The standard InChI is InChI=1S/C20H26FN3O4/c21-17-9-8-16(11-18(17)24(27)28)23-13-15(10-19(23)25)20(26)22-12-14-6-4-2-1-3-5-7-14/h8-9,11,14-15H,1-7,10,12-13H2,(H,22,26). The smallest absolute Gasteiger partial charge is 0.306 e. The minimum atomic E-state index is -0.950. The summed E-state index contributed by atoms with van der Waals surface area (Å²) in [4.78, 5) is 36.3. The molecule has 0 bridgehead atoms. The quantitative estimate of drug-likeness (QED) is 0.613. The number of amides is 2. The van der Waals surface area contributed by atoms with Crippen LogP contribution in [0.1, 0.15) is 51.4 Å². The molecule has 1 saturated carbocycles. The van der Waals surface area contributed by atoms with E-state index in [1.165, 1.54) is 43.1 Å². The number of nitro benzene ring substituents is 1. The predicted octanol–water partition coefficient (Wildman–Crippen LogP) is 3.56. The van der Waals surface area contributed by atoms with E-state index in [0.29, 0.717) is 12.5 Å². The Hall–Kier alpha value is -2.51. The van der Waals surface area contributed by atoms with E-state index in [4.69, 9.17) is 0 Å². The van der Waals surface area contributed by atoms with Gasteiger partial charge in [0.25, 0.3) is 0 Å². The van der Waals surface area contributed by atoms with Gasteiger partial charge >= 0.3 is 5.69 Å². The Bertz CT molecular complexity index is 747. The fourth-order valence-corrected chi connectivity index (χ4v) is 4.08. The van der Waals surface area contributed by atoms with E-state index < -0.39 is 22.3 Å². The molecule has 1 aromatic carbocycles. The lowest BCUT2D eigenvalue weighted by molar-refractivity contribution is -0.387. The monoisotopic (exact) mass is 391 g/mol. The first-order chi connectivity index (χ1) is 13.5. The van der Waals surface area contributed by atoms with Gasteiger partial charge in [-0.3, -0.25) is 19.7 Å². The molecule has 1 aromatic rings. The van der Waals surface area contributed by atoms with Gasteiger partial charge in [0.1, 0.15) is 0 Å². The third-order valence-electron chi connectivity index (χ3n) is 5.72. The lowest BCUT2D eigenvalue weighted by atomic mass is 9.91. The van der Waals surface area contributed by atoms with E-state index in [1.807, 2.05) is 0 Å². The third kappa shape index (κ3) is 4.85. The molecule has 1 aliphatic heterocycles. The van der Waals surface area contributed by atoms with Gasteiger partial charge in [-0.25, -0.2) is 0 Å². The van der Waals surface area contributed by atoms with Crippen molar-refractivity contribution in [3.8, 4) is 0 Å². The van der Waals surface area contributed by atoms with Crippen molar-refractivity contribution in [1.82, 2.24) is 5.32 Å². The van der Waals surface area contributed by atoms with Crippen molar-refractivity contribution in [2.45, 2.75) is 51.4 Å². The summed E-state index contributed by atoms with van der Waals surface area (Å²) < 4.78 is 13.5. The molecule has 8 heteroatoms. The Kier molecular flexibility index (Phi) is 6.59. The molecule has 0 aromatic heterocycles. The zero-order valence-electron chi connectivity index (χ0n) is 15.9. The SMILES string of the molecule is O=C(NCC1CCCCCCC1)C1CC(=O)N(c2ccc(F)c([N+](=O)[O-])c2)C1. The molecule has 2 amide bonds. The first-order valence-corrected chi connectivity index (χ1v) is 9.97. The summed E-state index contributed by atoms with van der Waals surface area (Å²) in [6.45, 7) is 0.781. The fraction of sp³-hybridized carbons (Fsp3) is 0.600. The second-order valence-electron chi connectivity index (χ2n) is 7.75. The van der Waals surface area contributed by atoms with Gasteiger partial charge in [-0.2, -0.15) is 4.39 Å². The van der Waals surface area contributed by atoms with Crippen molar-refractivity contribution >= 4 is 23.2 Å². The normalized spacial score (nSPS) is 21.2. The average molecular weight is 391 g/mol. The van der Waals surface area contributed by atoms with Gasteiger partial charge in [-0.15, -0.1) is 0 Å². The van der Waals surface area contributed by atoms with Crippen molar-refractivity contribution in [3.05, 3.63) is 34.1 Å². The molecule has 0 spiro atoms. The number of nitro groups is 1. The Morgan fingerprint density at radius 1 is 1.21 bits per heavy atom. The molecule has 152 valence electrons. The van der Waals surface area contributed by atoms with Crippen LogP contribution in [0.15, 0.2) is 18.2 Å². The van der Waals surface area contributed by atoms with E-state index in [-0.39, 0.29) is 30.5 Å². The molecule has 1 heterocycles. The lowest BCUT2D eigenvalue weighted by Gasteiger charge is -2.21. The molecule has 2 aliphatic rings. The van der Waals surface area contributed by atoms with Gasteiger partial charge in [0, 0.05) is 25.6 Å². The van der Waals surface area contributed by atoms with Crippen molar-refractivity contribution in [1.29, 1.82) is 0 Å². The lowest BCUT2D eigenvalue weighted by Crippen LogP contribution is -2.36. The van der Waals surface area contributed by atoms with Crippen LogP contribution in [0.3, 0.4) is 0 Å². The van der Waals surface area contributed by atoms with Gasteiger partial charge in [0.2, 0.25) is 17.6 Å². The van der Waals surface area contributed by atoms with Crippen molar-refractivity contribution < 1.29 is 18.9 Å². The van der Waals surface area contributed by atoms with Gasteiger partial charge in [0.15, 0.2) is 0 Å². The second kappa shape index (κ2) is 9.12. The highest BCUT2D eigenvalue weighted by Crippen LogP contribution is 2.30. The number of carbonyl (C=O) groups is 2. The van der Waals surface area contributed by atoms with Gasteiger partial charge in [0.05, 0.1) is 16.5 Å².